The van der Waals surface area contributed by atoms with Gasteiger partial charge >= 0.3 is 11.9 Å². The zero-order valence-corrected chi connectivity index (χ0v) is 24.0. The van der Waals surface area contributed by atoms with Crippen molar-refractivity contribution in [2.24, 2.45) is 11.8 Å². The number of carbonyl (C=O) groups is 2. The van der Waals surface area contributed by atoms with Gasteiger partial charge in [0, 0.05) is 37.1 Å². The van der Waals surface area contributed by atoms with Crippen LogP contribution >= 0.6 is 23.2 Å². The Kier molecular flexibility index (Phi) is 7.14. The molecule has 0 bridgehead atoms. The molecular weight excluding hydrogens is 555 g/mol. The molecular formula is C28H32Cl2N6O4. The van der Waals surface area contributed by atoms with Crippen LogP contribution in [0.1, 0.15) is 24.0 Å². The van der Waals surface area contributed by atoms with Crippen molar-refractivity contribution in [2.45, 2.75) is 38.1 Å². The Bertz CT molecular complexity index is 1270. The number of pyridine rings is 2. The first kappa shape index (κ1) is 27.3. The lowest BCUT2D eigenvalue weighted by atomic mass is 9.78. The number of aromatic nitrogens is 2. The summed E-state index contributed by atoms with van der Waals surface area (Å²) in [5.74, 6) is -0.871. The standard InChI is InChI=1S/C28H32Cl2N6O4/c1-17-9-21(11-33-25(17)29)35-13-19-5-7-31-15-27(19,35)39-23(37)3-4-24(38)40-28-16-32-8-6-20(28)14-36(28)22-10-18(2)26(30)34-12-22/h3-4,9-12,19-20,31-32H,5-8,13-16H2,1-2H3/b4-3+/t19-,20-,27-,28-/m0/s1. The number of nitrogens with zero attached hydrogens (tertiary/aromatic N) is 4. The molecule has 0 aliphatic carbocycles. The van der Waals surface area contributed by atoms with E-state index in [2.05, 4.69) is 20.6 Å². The molecule has 2 aromatic rings. The Morgan fingerprint density at radius 3 is 1.65 bits per heavy atom. The van der Waals surface area contributed by atoms with Crippen molar-refractivity contribution in [3.8, 4) is 0 Å². The van der Waals surface area contributed by atoms with Gasteiger partial charge in [-0.15, -0.1) is 0 Å². The third kappa shape index (κ3) is 4.60. The predicted octanol–water partition coefficient (Wildman–Crippen LogP) is 2.99. The molecule has 0 aromatic carbocycles. The van der Waals surface area contributed by atoms with E-state index in [1.165, 1.54) is 0 Å². The van der Waals surface area contributed by atoms with Gasteiger partial charge in [-0.2, -0.15) is 0 Å². The van der Waals surface area contributed by atoms with Gasteiger partial charge in [-0.25, -0.2) is 19.6 Å². The largest absolute Gasteiger partial charge is 0.434 e. The SMILES string of the molecule is Cc1cc(N2C[C@@H]3CCNC[C@]32OC(=O)/C=C/C(=O)O[C@@]23CNCC[C@H]2CN3c2cnc(Cl)c(C)c2)cnc1Cl. The van der Waals surface area contributed by atoms with Crippen LogP contribution in [-0.4, -0.2) is 72.6 Å². The van der Waals surface area contributed by atoms with Crippen LogP contribution in [0.5, 0.6) is 0 Å². The number of piperidine rings is 2. The van der Waals surface area contributed by atoms with E-state index in [9.17, 15) is 9.59 Å². The number of rotatable bonds is 6. The molecule has 4 fully saturated rings. The molecule has 0 unspecified atom stereocenters. The first-order chi connectivity index (χ1) is 19.2. The van der Waals surface area contributed by atoms with Crippen molar-refractivity contribution in [1.82, 2.24) is 20.6 Å². The second kappa shape index (κ2) is 10.5. The van der Waals surface area contributed by atoms with Crippen molar-refractivity contribution in [2.75, 3.05) is 49.1 Å². The number of anilines is 2. The second-order valence-corrected chi connectivity index (χ2v) is 11.7. The van der Waals surface area contributed by atoms with Gasteiger partial charge in [0.1, 0.15) is 10.3 Å². The maximum absolute atomic E-state index is 13.1. The predicted molar refractivity (Wildman–Crippen MR) is 151 cm³/mol. The fraction of sp³-hybridized carbons (Fsp3) is 0.500. The number of esters is 2. The summed E-state index contributed by atoms with van der Waals surface area (Å²) in [6.45, 7) is 7.93. The van der Waals surface area contributed by atoms with Crippen molar-refractivity contribution in [3.05, 3.63) is 58.1 Å². The van der Waals surface area contributed by atoms with E-state index in [4.69, 9.17) is 32.7 Å². The molecule has 0 amide bonds. The highest BCUT2D eigenvalue weighted by Crippen LogP contribution is 2.46. The zero-order valence-electron chi connectivity index (χ0n) is 22.5. The fourth-order valence-corrected chi connectivity index (χ4v) is 6.59. The number of fused-ring (bicyclic) bond motifs is 2. The van der Waals surface area contributed by atoms with Crippen LogP contribution < -0.4 is 20.4 Å². The van der Waals surface area contributed by atoms with Gasteiger partial charge in [-0.05, 0) is 63.0 Å². The van der Waals surface area contributed by atoms with Gasteiger partial charge in [0.2, 0.25) is 11.4 Å². The molecule has 4 saturated heterocycles. The molecule has 12 heteroatoms. The van der Waals surface area contributed by atoms with Gasteiger partial charge < -0.3 is 29.9 Å². The number of nitrogens with one attached hydrogen (secondary N) is 2. The molecule has 4 atom stereocenters. The van der Waals surface area contributed by atoms with Gasteiger partial charge in [0.05, 0.1) is 36.9 Å². The van der Waals surface area contributed by atoms with E-state index >= 15 is 0 Å². The molecule has 40 heavy (non-hydrogen) atoms. The van der Waals surface area contributed by atoms with Crippen molar-refractivity contribution in [3.63, 3.8) is 0 Å². The highest BCUT2D eigenvalue weighted by molar-refractivity contribution is 6.30. The molecule has 6 heterocycles. The quantitative estimate of drug-likeness (QED) is 0.298. The van der Waals surface area contributed by atoms with Crippen molar-refractivity contribution < 1.29 is 19.1 Å². The van der Waals surface area contributed by atoms with E-state index < -0.39 is 23.4 Å². The van der Waals surface area contributed by atoms with E-state index in [0.717, 1.165) is 73.7 Å². The third-order valence-electron chi connectivity index (χ3n) is 8.62. The number of aryl methyl sites for hydroxylation is 2. The van der Waals surface area contributed by atoms with Crippen LogP contribution in [0.4, 0.5) is 11.4 Å². The van der Waals surface area contributed by atoms with E-state index in [1.807, 2.05) is 35.8 Å². The molecule has 10 nitrogen and oxygen atoms in total. The van der Waals surface area contributed by atoms with Crippen LogP contribution in [0.3, 0.4) is 0 Å². The Labute approximate surface area is 243 Å². The normalized spacial score (nSPS) is 29.2. The Balaban J connectivity index is 1.16. The number of hydrogen-bond acceptors (Lipinski definition) is 10. The maximum atomic E-state index is 13.1. The average Bonchev–Trinajstić information content (AvgIpc) is 2.91. The second-order valence-electron chi connectivity index (χ2n) is 11.0. The Morgan fingerprint density at radius 2 is 1.27 bits per heavy atom. The number of carbonyl (C=O) groups excluding carboxylic acids is 2. The number of hydrogen-bond donors (Lipinski definition) is 2. The molecule has 0 radical (unpaired) electrons. The lowest BCUT2D eigenvalue weighted by Gasteiger charge is -2.60. The third-order valence-corrected chi connectivity index (χ3v) is 9.42. The van der Waals surface area contributed by atoms with Crippen LogP contribution in [0.25, 0.3) is 0 Å². The summed E-state index contributed by atoms with van der Waals surface area (Å²) >= 11 is 12.3. The smallest absolute Gasteiger partial charge is 0.333 e. The summed E-state index contributed by atoms with van der Waals surface area (Å²) in [4.78, 5) is 38.7. The summed E-state index contributed by atoms with van der Waals surface area (Å²) in [6.07, 6.45) is 7.45. The summed E-state index contributed by atoms with van der Waals surface area (Å²) in [7, 11) is 0. The van der Waals surface area contributed by atoms with E-state index in [0.29, 0.717) is 23.4 Å². The van der Waals surface area contributed by atoms with E-state index in [1.54, 1.807) is 12.4 Å². The summed E-state index contributed by atoms with van der Waals surface area (Å²) in [5, 5.41) is 7.58. The molecule has 4 aliphatic rings. The maximum Gasteiger partial charge on any atom is 0.333 e. The number of ether oxygens (including phenoxy) is 2. The van der Waals surface area contributed by atoms with Gasteiger partial charge in [0.25, 0.3) is 0 Å². The monoisotopic (exact) mass is 586 g/mol. The summed E-state index contributed by atoms with van der Waals surface area (Å²) < 4.78 is 12.1. The Morgan fingerprint density at radius 1 is 0.850 bits per heavy atom. The minimum Gasteiger partial charge on any atom is -0.434 e. The van der Waals surface area contributed by atoms with Gasteiger partial charge in [-0.3, -0.25) is 0 Å². The molecule has 0 saturated carbocycles. The van der Waals surface area contributed by atoms with Crippen molar-refractivity contribution in [1.29, 1.82) is 0 Å². The zero-order chi connectivity index (χ0) is 28.1. The first-order valence-corrected chi connectivity index (χ1v) is 14.3. The van der Waals surface area contributed by atoms with Crippen LogP contribution in [0.15, 0.2) is 36.7 Å². The number of halogens is 2. The molecule has 4 aliphatic heterocycles. The first-order valence-electron chi connectivity index (χ1n) is 13.6. The van der Waals surface area contributed by atoms with Gasteiger partial charge in [0.15, 0.2) is 0 Å². The summed E-state index contributed by atoms with van der Waals surface area (Å²) in [5.41, 5.74) is 1.66. The minimum atomic E-state index is -0.854. The summed E-state index contributed by atoms with van der Waals surface area (Å²) in [6, 6.07) is 3.89. The highest BCUT2D eigenvalue weighted by Gasteiger charge is 2.59. The topological polar surface area (TPSA) is 109 Å². The molecule has 2 N–H and O–H groups in total. The van der Waals surface area contributed by atoms with Crippen LogP contribution in [0.2, 0.25) is 10.3 Å². The van der Waals surface area contributed by atoms with E-state index in [-0.39, 0.29) is 11.8 Å². The lowest BCUT2D eigenvalue weighted by molar-refractivity contribution is -0.177. The minimum absolute atomic E-state index is 0.168. The van der Waals surface area contributed by atoms with Crippen molar-refractivity contribution >= 4 is 46.5 Å². The van der Waals surface area contributed by atoms with Crippen LogP contribution in [-0.2, 0) is 19.1 Å². The van der Waals surface area contributed by atoms with Crippen LogP contribution in [0, 0.1) is 25.7 Å². The highest BCUT2D eigenvalue weighted by atomic mass is 35.5. The lowest BCUT2D eigenvalue weighted by Crippen LogP contribution is -2.76. The Hall–Kier alpha value is -2.92. The molecule has 2 aromatic heterocycles. The molecule has 6 rings (SSSR count). The average molecular weight is 588 g/mol. The molecule has 0 spiro atoms. The fourth-order valence-electron chi connectivity index (χ4n) is 6.38. The molecule has 212 valence electrons. The van der Waals surface area contributed by atoms with Gasteiger partial charge in [-0.1, -0.05) is 23.2 Å².